The molecule has 2 rings (SSSR count). The Balaban J connectivity index is 2.18. The predicted molar refractivity (Wildman–Crippen MR) is 84.5 cm³/mol. The molecule has 0 aromatic carbocycles. The van der Waals surface area contributed by atoms with Gasteiger partial charge in [0, 0.05) is 18.4 Å². The van der Waals surface area contributed by atoms with Crippen molar-refractivity contribution in [2.45, 2.75) is 39.0 Å². The number of H-pyrrole nitrogens is 1. The minimum Gasteiger partial charge on any atom is -0.444 e. The molecule has 0 radical (unpaired) electrons. The van der Waals surface area contributed by atoms with E-state index in [0.717, 1.165) is 6.07 Å². The molecule has 0 spiro atoms. The fraction of sp³-hybridized carbons (Fsp3) is 0.500. The van der Waals surface area contributed by atoms with E-state index >= 15 is 0 Å². The second-order valence-electron chi connectivity index (χ2n) is 6.06. The van der Waals surface area contributed by atoms with E-state index in [4.69, 9.17) is 4.74 Å². The van der Waals surface area contributed by atoms with Crippen molar-refractivity contribution in [1.82, 2.24) is 20.5 Å². The van der Waals surface area contributed by atoms with Gasteiger partial charge in [-0.15, -0.1) is 0 Å². The standard InChI is InChI=1S/C14H16BrF3N4O2/c1-13(2,3)24-12(23)19-5-4-8-10-7(11(15)22-21-10)6-9(20-8)14(16,17)18/h6H,4-5H2,1-3H3,(H,19,23)(H,21,22). The Hall–Kier alpha value is -1.84. The number of nitrogens with zero attached hydrogens (tertiary/aromatic N) is 2. The van der Waals surface area contributed by atoms with Gasteiger partial charge in [0.2, 0.25) is 0 Å². The van der Waals surface area contributed by atoms with Crippen LogP contribution in [0.25, 0.3) is 10.9 Å². The molecular weight excluding hydrogens is 393 g/mol. The van der Waals surface area contributed by atoms with E-state index < -0.39 is 23.6 Å². The summed E-state index contributed by atoms with van der Waals surface area (Å²) >= 11 is 3.12. The number of rotatable bonds is 3. The summed E-state index contributed by atoms with van der Waals surface area (Å²) < 4.78 is 44.3. The number of aromatic amines is 1. The maximum absolute atomic E-state index is 13.0. The Bertz CT molecular complexity index is 753. The SMILES string of the molecule is CC(C)(C)OC(=O)NCCc1nc(C(F)(F)F)cc2c(Br)[nH]nc12. The number of pyridine rings is 1. The van der Waals surface area contributed by atoms with Crippen molar-refractivity contribution in [2.75, 3.05) is 6.54 Å². The number of alkyl carbamates (subject to hydrolysis) is 1. The average molecular weight is 409 g/mol. The summed E-state index contributed by atoms with van der Waals surface area (Å²) in [7, 11) is 0. The number of nitrogens with one attached hydrogen (secondary N) is 2. The average Bonchev–Trinajstić information content (AvgIpc) is 2.77. The molecule has 0 saturated heterocycles. The van der Waals surface area contributed by atoms with Crippen LogP contribution in [0, 0.1) is 0 Å². The molecule has 0 fully saturated rings. The molecule has 2 N–H and O–H groups in total. The van der Waals surface area contributed by atoms with Crippen LogP contribution in [-0.2, 0) is 17.3 Å². The molecule has 0 aliphatic heterocycles. The number of carbonyl (C=O) groups excluding carboxylic acids is 1. The van der Waals surface area contributed by atoms with Crippen LogP contribution < -0.4 is 5.32 Å². The van der Waals surface area contributed by atoms with Crippen molar-refractivity contribution in [3.05, 3.63) is 22.1 Å². The fourth-order valence-corrected chi connectivity index (χ4v) is 2.36. The predicted octanol–water partition coefficient (Wildman–Crippen LogP) is 3.81. The Morgan fingerprint density at radius 2 is 2.04 bits per heavy atom. The Morgan fingerprint density at radius 3 is 2.62 bits per heavy atom. The van der Waals surface area contributed by atoms with E-state index in [1.54, 1.807) is 20.8 Å². The van der Waals surface area contributed by atoms with Gasteiger partial charge in [0.15, 0.2) is 0 Å². The van der Waals surface area contributed by atoms with Crippen LogP contribution in [0.1, 0.15) is 32.2 Å². The number of alkyl halides is 3. The largest absolute Gasteiger partial charge is 0.444 e. The van der Waals surface area contributed by atoms with Crippen LogP contribution in [-0.4, -0.2) is 33.4 Å². The van der Waals surface area contributed by atoms with Crippen molar-refractivity contribution in [3.8, 4) is 0 Å². The first kappa shape index (κ1) is 18.5. The van der Waals surface area contributed by atoms with Gasteiger partial charge in [0.25, 0.3) is 0 Å². The van der Waals surface area contributed by atoms with Crippen LogP contribution >= 0.6 is 15.9 Å². The summed E-state index contributed by atoms with van der Waals surface area (Å²) in [6, 6.07) is 0.924. The zero-order chi connectivity index (χ0) is 18.1. The Morgan fingerprint density at radius 1 is 1.38 bits per heavy atom. The number of carbonyl (C=O) groups is 1. The van der Waals surface area contributed by atoms with Gasteiger partial charge in [0.05, 0.1) is 5.69 Å². The molecule has 6 nitrogen and oxygen atoms in total. The van der Waals surface area contributed by atoms with E-state index in [0.29, 0.717) is 10.1 Å². The number of hydrogen-bond donors (Lipinski definition) is 2. The van der Waals surface area contributed by atoms with Crippen LogP contribution in [0.4, 0.5) is 18.0 Å². The van der Waals surface area contributed by atoms with Gasteiger partial charge in [-0.05, 0) is 42.8 Å². The second kappa shape index (κ2) is 6.58. The molecule has 2 aromatic heterocycles. The normalized spacial score (nSPS) is 12.5. The van der Waals surface area contributed by atoms with Crippen LogP contribution in [0.3, 0.4) is 0 Å². The van der Waals surface area contributed by atoms with Crippen molar-refractivity contribution >= 4 is 32.9 Å². The highest BCUT2D eigenvalue weighted by Crippen LogP contribution is 2.32. The lowest BCUT2D eigenvalue weighted by Crippen LogP contribution is -2.33. The first-order valence-electron chi connectivity index (χ1n) is 7.05. The monoisotopic (exact) mass is 408 g/mol. The van der Waals surface area contributed by atoms with E-state index in [1.165, 1.54) is 0 Å². The number of aromatic nitrogens is 3. The first-order chi connectivity index (χ1) is 11.0. The third-order valence-corrected chi connectivity index (χ3v) is 3.49. The van der Waals surface area contributed by atoms with Crippen LogP contribution in [0.15, 0.2) is 10.7 Å². The van der Waals surface area contributed by atoms with Crippen molar-refractivity contribution < 1.29 is 22.7 Å². The molecule has 2 aromatic rings. The van der Waals surface area contributed by atoms with Gasteiger partial charge in [-0.3, -0.25) is 5.10 Å². The molecule has 24 heavy (non-hydrogen) atoms. The second-order valence-corrected chi connectivity index (χ2v) is 6.86. The molecule has 2 heterocycles. The summed E-state index contributed by atoms with van der Waals surface area (Å²) in [5.41, 5.74) is -1.21. The Labute approximate surface area is 144 Å². The van der Waals surface area contributed by atoms with Gasteiger partial charge in [-0.2, -0.15) is 18.3 Å². The molecule has 132 valence electrons. The molecule has 10 heteroatoms. The van der Waals surface area contributed by atoms with Gasteiger partial charge in [-0.25, -0.2) is 9.78 Å². The molecule has 0 bridgehead atoms. The lowest BCUT2D eigenvalue weighted by molar-refractivity contribution is -0.141. The minimum atomic E-state index is -4.57. The maximum Gasteiger partial charge on any atom is 0.433 e. The lowest BCUT2D eigenvalue weighted by Gasteiger charge is -2.19. The molecule has 0 aliphatic carbocycles. The number of amides is 1. The minimum absolute atomic E-state index is 0.0722. The molecule has 0 aliphatic rings. The Kier molecular flexibility index (Phi) is 5.07. The summed E-state index contributed by atoms with van der Waals surface area (Å²) in [6.45, 7) is 5.21. The van der Waals surface area contributed by atoms with E-state index in [1.807, 2.05) is 0 Å². The molecule has 1 amide bonds. The maximum atomic E-state index is 13.0. The van der Waals surface area contributed by atoms with Crippen molar-refractivity contribution in [1.29, 1.82) is 0 Å². The third-order valence-electron chi connectivity index (χ3n) is 2.89. The topological polar surface area (TPSA) is 79.9 Å². The van der Waals surface area contributed by atoms with Crippen molar-refractivity contribution in [3.63, 3.8) is 0 Å². The summed E-state index contributed by atoms with van der Waals surface area (Å²) in [6.07, 6.45) is -5.14. The number of ether oxygens (including phenoxy) is 1. The van der Waals surface area contributed by atoms with Gasteiger partial charge in [-0.1, -0.05) is 0 Å². The zero-order valence-electron chi connectivity index (χ0n) is 13.2. The number of hydrogen-bond acceptors (Lipinski definition) is 4. The summed E-state index contributed by atoms with van der Waals surface area (Å²) in [4.78, 5) is 15.2. The number of halogens is 4. The molecular formula is C14H16BrF3N4O2. The summed E-state index contributed by atoms with van der Waals surface area (Å²) in [5.74, 6) is 0. The van der Waals surface area contributed by atoms with E-state index in [9.17, 15) is 18.0 Å². The third kappa shape index (κ3) is 4.59. The van der Waals surface area contributed by atoms with E-state index in [2.05, 4.69) is 36.4 Å². The highest BCUT2D eigenvalue weighted by molar-refractivity contribution is 9.10. The van der Waals surface area contributed by atoms with Crippen molar-refractivity contribution in [2.24, 2.45) is 0 Å². The molecule has 0 unspecified atom stereocenters. The quantitative estimate of drug-likeness (QED) is 0.808. The van der Waals surface area contributed by atoms with Gasteiger partial charge < -0.3 is 10.1 Å². The summed E-state index contributed by atoms with van der Waals surface area (Å²) in [5, 5.41) is 9.29. The highest BCUT2D eigenvalue weighted by atomic mass is 79.9. The van der Waals surface area contributed by atoms with Crippen LogP contribution in [0.2, 0.25) is 0 Å². The van der Waals surface area contributed by atoms with E-state index in [-0.39, 0.29) is 24.0 Å². The van der Waals surface area contributed by atoms with Crippen LogP contribution in [0.5, 0.6) is 0 Å². The fourth-order valence-electron chi connectivity index (χ4n) is 1.97. The first-order valence-corrected chi connectivity index (χ1v) is 7.84. The number of fused-ring (bicyclic) bond motifs is 1. The van der Waals surface area contributed by atoms with Gasteiger partial charge >= 0.3 is 12.3 Å². The zero-order valence-corrected chi connectivity index (χ0v) is 14.8. The smallest absolute Gasteiger partial charge is 0.433 e. The highest BCUT2D eigenvalue weighted by Gasteiger charge is 2.34. The molecule has 0 saturated carbocycles. The van der Waals surface area contributed by atoms with Gasteiger partial charge in [0.1, 0.15) is 21.4 Å². The lowest BCUT2D eigenvalue weighted by atomic mass is 10.1. The molecule has 0 atom stereocenters.